The Hall–Kier alpha value is -1.55. The van der Waals surface area contributed by atoms with E-state index in [0.29, 0.717) is 6.61 Å². The normalized spacial score (nSPS) is 9.88. The molecule has 16 heavy (non-hydrogen) atoms. The molecule has 0 fully saturated rings. The SMILES string of the molecule is CNCc1cccc(OCCC(=O)OC)c1. The highest BCUT2D eigenvalue weighted by molar-refractivity contribution is 5.69. The number of hydrogen-bond donors (Lipinski definition) is 1. The van der Waals surface area contributed by atoms with Gasteiger partial charge in [0.1, 0.15) is 5.75 Å². The zero-order valence-corrected chi connectivity index (χ0v) is 9.66. The summed E-state index contributed by atoms with van der Waals surface area (Å²) in [7, 11) is 3.26. The molecule has 0 aliphatic carbocycles. The molecule has 0 aromatic heterocycles. The van der Waals surface area contributed by atoms with Gasteiger partial charge in [-0.15, -0.1) is 0 Å². The van der Waals surface area contributed by atoms with Crippen LogP contribution in [0.1, 0.15) is 12.0 Å². The molecule has 0 aliphatic heterocycles. The van der Waals surface area contributed by atoms with Crippen LogP contribution < -0.4 is 10.1 Å². The predicted octanol–water partition coefficient (Wildman–Crippen LogP) is 1.35. The lowest BCUT2D eigenvalue weighted by atomic mass is 10.2. The van der Waals surface area contributed by atoms with Gasteiger partial charge in [-0.2, -0.15) is 0 Å². The average Bonchev–Trinajstić information content (AvgIpc) is 2.30. The van der Waals surface area contributed by atoms with Crippen molar-refractivity contribution in [1.82, 2.24) is 5.32 Å². The number of carbonyl (C=O) groups excluding carboxylic acids is 1. The topological polar surface area (TPSA) is 47.6 Å². The van der Waals surface area contributed by atoms with E-state index in [-0.39, 0.29) is 12.4 Å². The van der Waals surface area contributed by atoms with Gasteiger partial charge in [0.25, 0.3) is 0 Å². The number of rotatable bonds is 6. The summed E-state index contributed by atoms with van der Waals surface area (Å²) in [6.45, 7) is 1.14. The van der Waals surface area contributed by atoms with Gasteiger partial charge in [0.05, 0.1) is 20.1 Å². The molecule has 0 radical (unpaired) electrons. The molecule has 88 valence electrons. The molecule has 4 nitrogen and oxygen atoms in total. The summed E-state index contributed by atoms with van der Waals surface area (Å²) in [5.74, 6) is 0.517. The van der Waals surface area contributed by atoms with Crippen LogP contribution in [0.25, 0.3) is 0 Å². The quantitative estimate of drug-likeness (QED) is 0.739. The summed E-state index contributed by atoms with van der Waals surface area (Å²) < 4.78 is 9.96. The van der Waals surface area contributed by atoms with Crippen LogP contribution >= 0.6 is 0 Å². The smallest absolute Gasteiger partial charge is 0.308 e. The second-order valence-corrected chi connectivity index (χ2v) is 3.35. The Morgan fingerprint density at radius 3 is 2.94 bits per heavy atom. The van der Waals surface area contributed by atoms with Crippen LogP contribution in [0.4, 0.5) is 0 Å². The van der Waals surface area contributed by atoms with Gasteiger partial charge in [0, 0.05) is 6.54 Å². The first-order valence-corrected chi connectivity index (χ1v) is 5.19. The fraction of sp³-hybridized carbons (Fsp3) is 0.417. The van der Waals surface area contributed by atoms with Crippen LogP contribution in [0.3, 0.4) is 0 Å². The predicted molar refractivity (Wildman–Crippen MR) is 61.3 cm³/mol. The number of ether oxygens (including phenoxy) is 2. The first kappa shape index (κ1) is 12.5. The van der Waals surface area contributed by atoms with E-state index in [9.17, 15) is 4.79 Å². The molecule has 1 aromatic rings. The lowest BCUT2D eigenvalue weighted by Crippen LogP contribution is -2.08. The first-order chi connectivity index (χ1) is 7.76. The molecule has 0 bridgehead atoms. The van der Waals surface area contributed by atoms with Crippen molar-refractivity contribution >= 4 is 5.97 Å². The van der Waals surface area contributed by atoms with E-state index >= 15 is 0 Å². The molecule has 0 saturated carbocycles. The maximum absolute atomic E-state index is 10.9. The van der Waals surface area contributed by atoms with Crippen LogP contribution in [0, 0.1) is 0 Å². The van der Waals surface area contributed by atoms with Gasteiger partial charge in [0.15, 0.2) is 0 Å². The number of esters is 1. The third-order valence-electron chi connectivity index (χ3n) is 2.08. The molecular formula is C12H17NO3. The van der Waals surface area contributed by atoms with Crippen molar-refractivity contribution in [3.63, 3.8) is 0 Å². The molecule has 1 aromatic carbocycles. The van der Waals surface area contributed by atoms with Crippen LogP contribution in [-0.2, 0) is 16.1 Å². The summed E-state index contributed by atoms with van der Waals surface area (Å²) in [5.41, 5.74) is 1.15. The van der Waals surface area contributed by atoms with E-state index in [2.05, 4.69) is 10.1 Å². The van der Waals surface area contributed by atoms with Crippen LogP contribution in [0.15, 0.2) is 24.3 Å². The monoisotopic (exact) mass is 223 g/mol. The zero-order chi connectivity index (χ0) is 11.8. The number of methoxy groups -OCH3 is 1. The van der Waals surface area contributed by atoms with Crippen LogP contribution in [-0.4, -0.2) is 26.7 Å². The molecule has 1 N–H and O–H groups in total. The summed E-state index contributed by atoms with van der Waals surface area (Å²) >= 11 is 0. The van der Waals surface area contributed by atoms with E-state index in [4.69, 9.17) is 4.74 Å². The number of benzene rings is 1. The Morgan fingerprint density at radius 2 is 2.25 bits per heavy atom. The standard InChI is InChI=1S/C12H17NO3/c1-13-9-10-4-3-5-11(8-10)16-7-6-12(14)15-2/h3-5,8,13H,6-7,9H2,1-2H3. The minimum absolute atomic E-state index is 0.258. The Kier molecular flexibility index (Phi) is 5.36. The summed E-state index contributed by atoms with van der Waals surface area (Å²) in [4.78, 5) is 10.9. The van der Waals surface area contributed by atoms with Crippen molar-refractivity contribution in [2.75, 3.05) is 20.8 Å². The molecule has 0 aliphatic rings. The zero-order valence-electron chi connectivity index (χ0n) is 9.66. The highest BCUT2D eigenvalue weighted by Crippen LogP contribution is 2.13. The van der Waals surface area contributed by atoms with Crippen molar-refractivity contribution in [1.29, 1.82) is 0 Å². The summed E-state index contributed by atoms with van der Waals surface area (Å²) in [5, 5.41) is 3.06. The van der Waals surface area contributed by atoms with E-state index in [1.165, 1.54) is 7.11 Å². The molecule has 0 heterocycles. The van der Waals surface area contributed by atoms with E-state index in [0.717, 1.165) is 17.9 Å². The minimum atomic E-state index is -0.258. The fourth-order valence-corrected chi connectivity index (χ4v) is 1.30. The number of hydrogen-bond acceptors (Lipinski definition) is 4. The summed E-state index contributed by atoms with van der Waals surface area (Å²) in [6, 6.07) is 7.77. The molecule has 0 atom stereocenters. The van der Waals surface area contributed by atoms with Crippen LogP contribution in [0.5, 0.6) is 5.75 Å². The van der Waals surface area contributed by atoms with E-state index in [1.54, 1.807) is 0 Å². The van der Waals surface area contributed by atoms with Gasteiger partial charge in [-0.1, -0.05) is 12.1 Å². The largest absolute Gasteiger partial charge is 0.493 e. The van der Waals surface area contributed by atoms with Crippen LogP contribution in [0.2, 0.25) is 0 Å². The van der Waals surface area contributed by atoms with Gasteiger partial charge in [-0.25, -0.2) is 0 Å². The molecule has 0 unspecified atom stereocenters. The fourth-order valence-electron chi connectivity index (χ4n) is 1.30. The number of carbonyl (C=O) groups is 1. The van der Waals surface area contributed by atoms with Crippen molar-refractivity contribution in [2.24, 2.45) is 0 Å². The Bertz CT molecular complexity index is 339. The molecule has 0 amide bonds. The Morgan fingerprint density at radius 1 is 1.44 bits per heavy atom. The third kappa shape index (κ3) is 4.31. The Balaban J connectivity index is 2.41. The molecule has 0 spiro atoms. The molecule has 1 rings (SSSR count). The van der Waals surface area contributed by atoms with Gasteiger partial charge in [-0.3, -0.25) is 4.79 Å². The van der Waals surface area contributed by atoms with E-state index < -0.39 is 0 Å². The maximum atomic E-state index is 10.9. The molecule has 0 saturated heterocycles. The van der Waals surface area contributed by atoms with Gasteiger partial charge < -0.3 is 14.8 Å². The highest BCUT2D eigenvalue weighted by Gasteiger charge is 2.01. The average molecular weight is 223 g/mol. The van der Waals surface area contributed by atoms with Gasteiger partial charge in [0.2, 0.25) is 0 Å². The van der Waals surface area contributed by atoms with Crippen molar-refractivity contribution in [3.05, 3.63) is 29.8 Å². The lowest BCUT2D eigenvalue weighted by Gasteiger charge is -2.07. The van der Waals surface area contributed by atoms with Crippen molar-refractivity contribution < 1.29 is 14.3 Å². The van der Waals surface area contributed by atoms with Crippen molar-refractivity contribution in [2.45, 2.75) is 13.0 Å². The second-order valence-electron chi connectivity index (χ2n) is 3.35. The Labute approximate surface area is 95.6 Å². The van der Waals surface area contributed by atoms with Gasteiger partial charge >= 0.3 is 5.97 Å². The minimum Gasteiger partial charge on any atom is -0.493 e. The third-order valence-corrected chi connectivity index (χ3v) is 2.08. The second kappa shape index (κ2) is 6.85. The maximum Gasteiger partial charge on any atom is 0.308 e. The number of nitrogens with one attached hydrogen (secondary N) is 1. The van der Waals surface area contributed by atoms with Crippen molar-refractivity contribution in [3.8, 4) is 5.75 Å². The lowest BCUT2D eigenvalue weighted by molar-refractivity contribution is -0.141. The highest BCUT2D eigenvalue weighted by atomic mass is 16.5. The molecular weight excluding hydrogens is 206 g/mol. The first-order valence-electron chi connectivity index (χ1n) is 5.19. The summed E-state index contributed by atoms with van der Waals surface area (Å²) in [6.07, 6.45) is 0.271. The van der Waals surface area contributed by atoms with E-state index in [1.807, 2.05) is 31.3 Å². The van der Waals surface area contributed by atoms with Gasteiger partial charge in [-0.05, 0) is 24.7 Å². The molecule has 4 heteroatoms.